The number of benzene rings is 1. The Labute approximate surface area is 96.9 Å². The predicted octanol–water partition coefficient (Wildman–Crippen LogP) is 1.79. The summed E-state index contributed by atoms with van der Waals surface area (Å²) < 4.78 is 0. The first-order valence-electron chi connectivity index (χ1n) is 5.93. The third-order valence-electron chi connectivity index (χ3n) is 3.46. The first-order valence-corrected chi connectivity index (χ1v) is 5.93. The van der Waals surface area contributed by atoms with Gasteiger partial charge in [-0.3, -0.25) is 0 Å². The molecule has 16 heavy (non-hydrogen) atoms. The molecule has 1 unspecified atom stereocenters. The largest absolute Gasteiger partial charge is 0.397 e. The highest BCUT2D eigenvalue weighted by Crippen LogP contribution is 2.31. The summed E-state index contributed by atoms with van der Waals surface area (Å²) in [4.78, 5) is 2.34. The molecule has 3 nitrogen and oxygen atoms in total. The highest BCUT2D eigenvalue weighted by Gasteiger charge is 2.23. The van der Waals surface area contributed by atoms with Gasteiger partial charge in [-0.15, -0.1) is 0 Å². The first kappa shape index (κ1) is 11.3. The van der Waals surface area contributed by atoms with Gasteiger partial charge in [-0.25, -0.2) is 0 Å². The summed E-state index contributed by atoms with van der Waals surface area (Å²) in [5, 5.41) is 8.94. The topological polar surface area (TPSA) is 49.5 Å². The fourth-order valence-corrected chi connectivity index (χ4v) is 2.41. The maximum Gasteiger partial charge on any atom is 0.0602 e. The summed E-state index contributed by atoms with van der Waals surface area (Å²) in [5.41, 5.74) is 9.28. The van der Waals surface area contributed by atoms with Crippen molar-refractivity contribution in [3.63, 3.8) is 0 Å². The van der Waals surface area contributed by atoms with E-state index in [1.807, 2.05) is 13.0 Å². The number of para-hydroxylation sites is 1. The van der Waals surface area contributed by atoms with Crippen molar-refractivity contribution in [3.05, 3.63) is 23.8 Å². The molecule has 1 fully saturated rings. The minimum atomic E-state index is 0.293. The molecule has 1 aromatic rings. The maximum atomic E-state index is 8.94. The summed E-state index contributed by atoms with van der Waals surface area (Å²) in [6, 6.07) is 6.18. The lowest BCUT2D eigenvalue weighted by Gasteiger charge is -2.21. The van der Waals surface area contributed by atoms with Crippen LogP contribution in [-0.4, -0.2) is 24.8 Å². The van der Waals surface area contributed by atoms with Crippen molar-refractivity contribution in [2.24, 2.45) is 5.92 Å². The third kappa shape index (κ3) is 2.14. The SMILES string of the molecule is Cc1cccc(N2CCC(CCO)C2)c1N. The number of nitrogens with two attached hydrogens (primary N) is 1. The molecule has 3 N–H and O–H groups in total. The zero-order valence-electron chi connectivity index (χ0n) is 9.82. The number of nitrogens with zero attached hydrogens (tertiary/aromatic N) is 1. The zero-order valence-corrected chi connectivity index (χ0v) is 9.82. The van der Waals surface area contributed by atoms with Crippen LogP contribution < -0.4 is 10.6 Å². The van der Waals surface area contributed by atoms with E-state index in [9.17, 15) is 0 Å². The summed E-state index contributed by atoms with van der Waals surface area (Å²) in [6.45, 7) is 4.41. The second-order valence-electron chi connectivity index (χ2n) is 4.62. The van der Waals surface area contributed by atoms with E-state index >= 15 is 0 Å². The van der Waals surface area contributed by atoms with E-state index in [2.05, 4.69) is 17.0 Å². The van der Waals surface area contributed by atoms with Gasteiger partial charge in [-0.05, 0) is 37.3 Å². The number of aliphatic hydroxyl groups excluding tert-OH is 1. The van der Waals surface area contributed by atoms with Gasteiger partial charge >= 0.3 is 0 Å². The Hall–Kier alpha value is -1.22. The van der Waals surface area contributed by atoms with Gasteiger partial charge in [0.2, 0.25) is 0 Å². The van der Waals surface area contributed by atoms with Crippen LogP contribution in [0, 0.1) is 12.8 Å². The Morgan fingerprint density at radius 2 is 2.31 bits per heavy atom. The molecule has 1 aliphatic rings. The van der Waals surface area contributed by atoms with Crippen LogP contribution in [0.5, 0.6) is 0 Å². The van der Waals surface area contributed by atoms with E-state index in [4.69, 9.17) is 10.8 Å². The predicted molar refractivity (Wildman–Crippen MR) is 67.6 cm³/mol. The maximum absolute atomic E-state index is 8.94. The fraction of sp³-hybridized carbons (Fsp3) is 0.538. The average molecular weight is 220 g/mol. The van der Waals surface area contributed by atoms with Gasteiger partial charge in [0.1, 0.15) is 0 Å². The van der Waals surface area contributed by atoms with Crippen LogP contribution in [0.2, 0.25) is 0 Å². The smallest absolute Gasteiger partial charge is 0.0602 e. The minimum Gasteiger partial charge on any atom is -0.397 e. The van der Waals surface area contributed by atoms with Crippen molar-refractivity contribution in [3.8, 4) is 0 Å². The molecule has 2 rings (SSSR count). The molecule has 1 atom stereocenters. The number of anilines is 2. The molecule has 0 spiro atoms. The van der Waals surface area contributed by atoms with Crippen molar-refractivity contribution in [1.29, 1.82) is 0 Å². The number of hydrogen-bond donors (Lipinski definition) is 2. The van der Waals surface area contributed by atoms with Crippen LogP contribution in [0.15, 0.2) is 18.2 Å². The van der Waals surface area contributed by atoms with Gasteiger partial charge in [0.25, 0.3) is 0 Å². The quantitative estimate of drug-likeness (QED) is 0.763. The van der Waals surface area contributed by atoms with Gasteiger partial charge in [-0.2, -0.15) is 0 Å². The molecular formula is C13H20N2O. The second-order valence-corrected chi connectivity index (χ2v) is 4.62. The van der Waals surface area contributed by atoms with Gasteiger partial charge in [0.15, 0.2) is 0 Å². The minimum absolute atomic E-state index is 0.293. The molecule has 1 heterocycles. The first-order chi connectivity index (χ1) is 7.72. The van der Waals surface area contributed by atoms with Crippen molar-refractivity contribution < 1.29 is 5.11 Å². The highest BCUT2D eigenvalue weighted by atomic mass is 16.3. The number of aliphatic hydroxyl groups is 1. The van der Waals surface area contributed by atoms with Crippen molar-refractivity contribution in [2.45, 2.75) is 19.8 Å². The zero-order chi connectivity index (χ0) is 11.5. The van der Waals surface area contributed by atoms with Crippen molar-refractivity contribution in [2.75, 3.05) is 30.3 Å². The molecule has 0 radical (unpaired) electrons. The van der Waals surface area contributed by atoms with E-state index in [1.165, 1.54) is 0 Å². The Morgan fingerprint density at radius 1 is 1.50 bits per heavy atom. The van der Waals surface area contributed by atoms with E-state index in [1.54, 1.807) is 0 Å². The molecule has 0 aliphatic carbocycles. The summed E-state index contributed by atoms with van der Waals surface area (Å²) in [6.07, 6.45) is 2.07. The molecule has 1 aromatic carbocycles. The van der Waals surface area contributed by atoms with Gasteiger partial charge < -0.3 is 15.7 Å². The van der Waals surface area contributed by atoms with Gasteiger partial charge in [0.05, 0.1) is 11.4 Å². The standard InChI is InChI=1S/C13H20N2O/c1-10-3-2-4-12(13(10)14)15-7-5-11(9-15)6-8-16/h2-4,11,16H,5-9,14H2,1H3. The Morgan fingerprint density at radius 3 is 3.06 bits per heavy atom. The molecule has 88 valence electrons. The molecule has 0 saturated carbocycles. The lowest BCUT2D eigenvalue weighted by molar-refractivity contribution is 0.263. The van der Waals surface area contributed by atoms with E-state index in [0.717, 1.165) is 42.9 Å². The molecular weight excluding hydrogens is 200 g/mol. The number of rotatable bonds is 3. The number of nitrogen functional groups attached to an aromatic ring is 1. The second kappa shape index (κ2) is 4.74. The van der Waals surface area contributed by atoms with Crippen molar-refractivity contribution >= 4 is 11.4 Å². The molecule has 3 heteroatoms. The van der Waals surface area contributed by atoms with E-state index in [0.29, 0.717) is 12.5 Å². The fourth-order valence-electron chi connectivity index (χ4n) is 2.41. The van der Waals surface area contributed by atoms with Gasteiger partial charge in [-0.1, -0.05) is 12.1 Å². The van der Waals surface area contributed by atoms with Crippen LogP contribution >= 0.6 is 0 Å². The summed E-state index contributed by atoms with van der Waals surface area (Å²) >= 11 is 0. The van der Waals surface area contributed by atoms with Crippen molar-refractivity contribution in [1.82, 2.24) is 0 Å². The third-order valence-corrected chi connectivity index (χ3v) is 3.46. The molecule has 1 aliphatic heterocycles. The van der Waals surface area contributed by atoms with Gasteiger partial charge in [0, 0.05) is 19.7 Å². The normalized spacial score (nSPS) is 20.4. The molecule has 1 saturated heterocycles. The van der Waals surface area contributed by atoms with Crippen LogP contribution in [-0.2, 0) is 0 Å². The van der Waals surface area contributed by atoms with E-state index in [-0.39, 0.29) is 0 Å². The monoisotopic (exact) mass is 220 g/mol. The lowest BCUT2D eigenvalue weighted by Crippen LogP contribution is -2.21. The van der Waals surface area contributed by atoms with E-state index < -0.39 is 0 Å². The molecule has 0 aromatic heterocycles. The van der Waals surface area contributed by atoms with Crippen LogP contribution in [0.25, 0.3) is 0 Å². The van der Waals surface area contributed by atoms with Crippen LogP contribution in [0.4, 0.5) is 11.4 Å². The number of hydrogen-bond acceptors (Lipinski definition) is 3. The average Bonchev–Trinajstić information content (AvgIpc) is 2.71. The lowest BCUT2D eigenvalue weighted by atomic mass is 10.1. The Bertz CT molecular complexity index is 365. The Kier molecular flexibility index (Phi) is 3.34. The Balaban J connectivity index is 2.11. The van der Waals surface area contributed by atoms with Crippen LogP contribution in [0.3, 0.4) is 0 Å². The summed E-state index contributed by atoms with van der Waals surface area (Å²) in [5.74, 6) is 0.616. The summed E-state index contributed by atoms with van der Waals surface area (Å²) in [7, 11) is 0. The highest BCUT2D eigenvalue weighted by molar-refractivity contribution is 5.71. The van der Waals surface area contributed by atoms with Crippen LogP contribution in [0.1, 0.15) is 18.4 Å². The molecule has 0 bridgehead atoms. The molecule has 0 amide bonds. The number of aryl methyl sites for hydroxylation is 1.